The molecule has 1 heterocycles. The summed E-state index contributed by atoms with van der Waals surface area (Å²) >= 11 is 0. The van der Waals surface area contributed by atoms with Gasteiger partial charge in [-0.05, 0) is 31.4 Å². The summed E-state index contributed by atoms with van der Waals surface area (Å²) in [4.78, 5) is 4.59. The van der Waals surface area contributed by atoms with E-state index in [1.807, 2.05) is 25.2 Å². The molecule has 0 bridgehead atoms. The van der Waals surface area contributed by atoms with E-state index >= 15 is 0 Å². The third-order valence-corrected chi connectivity index (χ3v) is 3.90. The second-order valence-electron chi connectivity index (χ2n) is 5.26. The van der Waals surface area contributed by atoms with Crippen molar-refractivity contribution < 1.29 is 5.11 Å². The van der Waals surface area contributed by atoms with E-state index < -0.39 is 5.60 Å². The van der Waals surface area contributed by atoms with Gasteiger partial charge >= 0.3 is 0 Å². The van der Waals surface area contributed by atoms with Gasteiger partial charge in [0.05, 0.1) is 23.2 Å². The largest absolute Gasteiger partial charge is 0.389 e. The van der Waals surface area contributed by atoms with Crippen LogP contribution in [-0.2, 0) is 13.6 Å². The second-order valence-corrected chi connectivity index (χ2v) is 5.26. The highest BCUT2D eigenvalue weighted by molar-refractivity contribution is 5.75. The van der Waals surface area contributed by atoms with Gasteiger partial charge in [0.15, 0.2) is 0 Å². The molecular weight excluding hydrogens is 226 g/mol. The molecule has 0 spiro atoms. The molecule has 96 valence electrons. The normalized spacial score (nSPS) is 17.9. The summed E-state index contributed by atoms with van der Waals surface area (Å²) in [6, 6.07) is 8.13. The van der Waals surface area contributed by atoms with Gasteiger partial charge in [-0.3, -0.25) is 0 Å². The topological polar surface area (TPSA) is 50.1 Å². The van der Waals surface area contributed by atoms with Crippen LogP contribution in [0.1, 0.15) is 25.1 Å². The Balaban J connectivity index is 1.69. The number of hydrogen-bond donors (Lipinski definition) is 2. The first-order chi connectivity index (χ1) is 8.68. The quantitative estimate of drug-likeness (QED) is 0.860. The summed E-state index contributed by atoms with van der Waals surface area (Å²) < 4.78 is 2.10. The number of aromatic nitrogens is 2. The fraction of sp³-hybridized carbons (Fsp3) is 0.500. The van der Waals surface area contributed by atoms with Crippen molar-refractivity contribution >= 4 is 11.0 Å². The van der Waals surface area contributed by atoms with Crippen LogP contribution >= 0.6 is 0 Å². The third kappa shape index (κ3) is 2.02. The molecule has 18 heavy (non-hydrogen) atoms. The van der Waals surface area contributed by atoms with Crippen molar-refractivity contribution in [2.45, 2.75) is 31.4 Å². The number of nitrogens with one attached hydrogen (secondary N) is 1. The monoisotopic (exact) mass is 245 g/mol. The molecule has 2 N–H and O–H groups in total. The maximum Gasteiger partial charge on any atom is 0.123 e. The number of imidazole rings is 1. The molecule has 1 aliphatic carbocycles. The van der Waals surface area contributed by atoms with Crippen molar-refractivity contribution in [3.05, 3.63) is 30.1 Å². The molecule has 0 unspecified atom stereocenters. The molecule has 2 aromatic rings. The fourth-order valence-corrected chi connectivity index (χ4v) is 2.52. The summed E-state index contributed by atoms with van der Waals surface area (Å²) in [5, 5.41) is 13.3. The molecule has 0 amide bonds. The number of aliphatic hydroxyl groups is 1. The molecular formula is C14H19N3O. The lowest BCUT2D eigenvalue weighted by atomic mass is 9.80. The van der Waals surface area contributed by atoms with Crippen molar-refractivity contribution in [1.82, 2.24) is 14.9 Å². The highest BCUT2D eigenvalue weighted by Crippen LogP contribution is 2.30. The zero-order chi connectivity index (χ0) is 12.6. The molecule has 4 heteroatoms. The smallest absolute Gasteiger partial charge is 0.123 e. The van der Waals surface area contributed by atoms with Crippen LogP contribution in [0.15, 0.2) is 24.3 Å². The second kappa shape index (κ2) is 4.37. The molecule has 3 rings (SSSR count). The van der Waals surface area contributed by atoms with Gasteiger partial charge in [-0.1, -0.05) is 12.1 Å². The number of fused-ring (bicyclic) bond motifs is 1. The van der Waals surface area contributed by atoms with Crippen molar-refractivity contribution in [3.8, 4) is 0 Å². The van der Waals surface area contributed by atoms with Gasteiger partial charge in [0.1, 0.15) is 5.82 Å². The summed E-state index contributed by atoms with van der Waals surface area (Å²) in [6.07, 6.45) is 2.98. The molecule has 0 saturated heterocycles. The van der Waals surface area contributed by atoms with Crippen LogP contribution in [0.3, 0.4) is 0 Å². The van der Waals surface area contributed by atoms with Crippen molar-refractivity contribution in [2.24, 2.45) is 7.05 Å². The minimum absolute atomic E-state index is 0.468. The zero-order valence-corrected chi connectivity index (χ0v) is 10.7. The van der Waals surface area contributed by atoms with E-state index in [0.717, 1.165) is 36.1 Å². The van der Waals surface area contributed by atoms with E-state index in [1.54, 1.807) is 0 Å². The number of aryl methyl sites for hydroxylation is 1. The maximum atomic E-state index is 10.0. The maximum absolute atomic E-state index is 10.0. The van der Waals surface area contributed by atoms with Crippen LogP contribution in [0.25, 0.3) is 11.0 Å². The summed E-state index contributed by atoms with van der Waals surface area (Å²) in [5.74, 6) is 1.01. The highest BCUT2D eigenvalue weighted by atomic mass is 16.3. The van der Waals surface area contributed by atoms with Gasteiger partial charge in [-0.25, -0.2) is 4.98 Å². The van der Waals surface area contributed by atoms with Crippen LogP contribution < -0.4 is 5.32 Å². The van der Waals surface area contributed by atoms with Crippen LogP contribution in [-0.4, -0.2) is 26.8 Å². The van der Waals surface area contributed by atoms with E-state index in [4.69, 9.17) is 0 Å². The van der Waals surface area contributed by atoms with E-state index in [2.05, 4.69) is 20.9 Å². The van der Waals surface area contributed by atoms with Crippen LogP contribution in [0, 0.1) is 0 Å². The Morgan fingerprint density at radius 3 is 2.83 bits per heavy atom. The third-order valence-electron chi connectivity index (χ3n) is 3.90. The minimum Gasteiger partial charge on any atom is -0.389 e. The standard InChI is InChI=1S/C14H19N3O/c1-17-12-6-3-2-5-11(12)16-13(17)9-15-10-14(18)7-4-8-14/h2-3,5-6,15,18H,4,7-10H2,1H3. The Labute approximate surface area is 107 Å². The lowest BCUT2D eigenvalue weighted by molar-refractivity contribution is -0.0316. The average Bonchev–Trinajstić information content (AvgIpc) is 2.65. The molecule has 0 radical (unpaired) electrons. The molecule has 1 fully saturated rings. The Bertz CT molecular complexity index is 557. The molecule has 1 aromatic heterocycles. The number of nitrogens with zero attached hydrogens (tertiary/aromatic N) is 2. The predicted molar refractivity (Wildman–Crippen MR) is 71.2 cm³/mol. The van der Waals surface area contributed by atoms with Gasteiger partial charge in [-0.2, -0.15) is 0 Å². The van der Waals surface area contributed by atoms with Crippen molar-refractivity contribution in [3.63, 3.8) is 0 Å². The van der Waals surface area contributed by atoms with Gasteiger partial charge in [-0.15, -0.1) is 0 Å². The molecule has 0 aliphatic heterocycles. The number of hydrogen-bond acceptors (Lipinski definition) is 3. The molecule has 1 aliphatic rings. The Morgan fingerprint density at radius 2 is 2.17 bits per heavy atom. The van der Waals surface area contributed by atoms with Crippen LogP contribution in [0.4, 0.5) is 0 Å². The molecule has 4 nitrogen and oxygen atoms in total. The first kappa shape index (κ1) is 11.7. The number of benzene rings is 1. The lowest BCUT2D eigenvalue weighted by Gasteiger charge is -2.36. The van der Waals surface area contributed by atoms with E-state index in [1.165, 1.54) is 0 Å². The van der Waals surface area contributed by atoms with E-state index in [9.17, 15) is 5.11 Å². The summed E-state index contributed by atoms with van der Waals surface area (Å²) in [6.45, 7) is 1.36. The Kier molecular flexibility index (Phi) is 2.84. The number of rotatable bonds is 4. The Hall–Kier alpha value is -1.39. The predicted octanol–water partition coefficient (Wildman–Crippen LogP) is 1.58. The first-order valence-electron chi connectivity index (χ1n) is 6.51. The van der Waals surface area contributed by atoms with Crippen molar-refractivity contribution in [2.75, 3.05) is 6.54 Å². The highest BCUT2D eigenvalue weighted by Gasteiger charge is 2.33. The van der Waals surface area contributed by atoms with E-state index in [0.29, 0.717) is 13.1 Å². The van der Waals surface area contributed by atoms with E-state index in [-0.39, 0.29) is 0 Å². The van der Waals surface area contributed by atoms with Crippen LogP contribution in [0.5, 0.6) is 0 Å². The minimum atomic E-state index is -0.468. The summed E-state index contributed by atoms with van der Waals surface area (Å²) in [7, 11) is 2.03. The fourth-order valence-electron chi connectivity index (χ4n) is 2.52. The SMILES string of the molecule is Cn1c(CNCC2(O)CCC2)nc2ccccc21. The summed E-state index contributed by atoms with van der Waals surface area (Å²) in [5.41, 5.74) is 1.71. The Morgan fingerprint density at radius 1 is 1.39 bits per heavy atom. The first-order valence-corrected chi connectivity index (χ1v) is 6.51. The van der Waals surface area contributed by atoms with Crippen molar-refractivity contribution in [1.29, 1.82) is 0 Å². The van der Waals surface area contributed by atoms with Gasteiger partial charge in [0.2, 0.25) is 0 Å². The lowest BCUT2D eigenvalue weighted by Crippen LogP contribution is -2.46. The average molecular weight is 245 g/mol. The van der Waals surface area contributed by atoms with Gasteiger partial charge < -0.3 is 15.0 Å². The van der Waals surface area contributed by atoms with Crippen LogP contribution in [0.2, 0.25) is 0 Å². The van der Waals surface area contributed by atoms with Gasteiger partial charge in [0, 0.05) is 13.6 Å². The molecule has 0 atom stereocenters. The molecule has 1 saturated carbocycles. The van der Waals surface area contributed by atoms with Gasteiger partial charge in [0.25, 0.3) is 0 Å². The zero-order valence-electron chi connectivity index (χ0n) is 10.7. The number of para-hydroxylation sites is 2. The molecule has 1 aromatic carbocycles.